The average Bonchev–Trinajstić information content (AvgIpc) is 0.737. The Labute approximate surface area is 809 Å². The summed E-state index contributed by atoms with van der Waals surface area (Å²) in [4.78, 5) is 51.0. The van der Waals surface area contributed by atoms with Crippen LogP contribution < -0.4 is 23.7 Å². The Morgan fingerprint density at radius 3 is 0.962 bits per heavy atom. The number of Topliss-reactive ketones (excluding diaryl/α,β-unsaturated/α-hetero) is 4. The van der Waals surface area contributed by atoms with Crippen LogP contribution in [-0.4, -0.2) is 78.3 Å². The third kappa shape index (κ3) is 33.4. The molecule has 0 radical (unpaired) electrons. The predicted octanol–water partition coefficient (Wildman–Crippen LogP) is 35.0. The van der Waals surface area contributed by atoms with Gasteiger partial charge in [-0.3, -0.25) is 19.2 Å². The van der Waals surface area contributed by atoms with Crippen molar-refractivity contribution >= 4 is 114 Å². The first-order valence-corrected chi connectivity index (χ1v) is 51.6. The summed E-state index contributed by atoms with van der Waals surface area (Å²) in [5, 5.41) is 29.6. The van der Waals surface area contributed by atoms with Gasteiger partial charge in [0.15, 0.2) is 23.1 Å². The molecule has 0 saturated heterocycles. The molecule has 15 heteroatoms. The number of allylic oxidation sites excluding steroid dienone is 6. The van der Waals surface area contributed by atoms with Crippen molar-refractivity contribution in [1.82, 2.24) is 0 Å². The van der Waals surface area contributed by atoms with Crippen LogP contribution in [0, 0.1) is 65.1 Å². The molecule has 4 aliphatic carbocycles. The minimum Gasteiger partial charge on any atom is -0.508 e. The number of phenols is 1. The number of unbranched alkanes of at least 4 members (excludes halogenated alkanes) is 7. The first-order valence-electron chi connectivity index (χ1n) is 48.9. The lowest BCUT2D eigenvalue weighted by atomic mass is 9.72. The molecular formula is C115H163Br3O12. The second-order valence-electron chi connectivity index (χ2n) is 35.7. The highest BCUT2D eigenvalue weighted by molar-refractivity contribution is 9.11. The number of hydrogen-bond acceptors (Lipinski definition) is 12. The molecule has 0 aliphatic heterocycles. The van der Waals surface area contributed by atoms with Crippen LogP contribution in [0.4, 0.5) is 0 Å². The van der Waals surface area contributed by atoms with E-state index in [2.05, 4.69) is 230 Å². The van der Waals surface area contributed by atoms with Crippen molar-refractivity contribution in [1.29, 1.82) is 0 Å². The monoisotopic (exact) mass is 1970 g/mol. The van der Waals surface area contributed by atoms with Gasteiger partial charge in [-0.2, -0.15) is 0 Å². The van der Waals surface area contributed by atoms with Crippen LogP contribution in [0.15, 0.2) is 178 Å². The lowest BCUT2D eigenvalue weighted by Gasteiger charge is -2.30. The van der Waals surface area contributed by atoms with Crippen LogP contribution >= 0.6 is 47.8 Å². The second-order valence-corrected chi connectivity index (χ2v) is 38.0. The number of rotatable bonds is 47. The molecule has 0 heterocycles. The van der Waals surface area contributed by atoms with Crippen molar-refractivity contribution in [2.24, 2.45) is 65.1 Å². The van der Waals surface area contributed by atoms with E-state index in [1.807, 2.05) is 24.3 Å². The number of benzene rings is 8. The van der Waals surface area contributed by atoms with Gasteiger partial charge in [-0.15, -0.1) is 0 Å². The van der Waals surface area contributed by atoms with Gasteiger partial charge in [0.2, 0.25) is 0 Å². The number of phenolic OH excluding ortho intramolecular Hbond substituents is 1. The van der Waals surface area contributed by atoms with Crippen LogP contribution in [0.25, 0.3) is 43.1 Å². The van der Waals surface area contributed by atoms with E-state index in [0.29, 0.717) is 76.9 Å². The van der Waals surface area contributed by atoms with E-state index in [-0.39, 0.29) is 62.5 Å². The van der Waals surface area contributed by atoms with Crippen LogP contribution in [0.3, 0.4) is 0 Å². The highest BCUT2D eigenvalue weighted by Gasteiger charge is 2.42. The fourth-order valence-corrected chi connectivity index (χ4v) is 19.2. The maximum atomic E-state index is 13.3. The zero-order valence-corrected chi connectivity index (χ0v) is 84.0. The first kappa shape index (κ1) is 113. The summed E-state index contributed by atoms with van der Waals surface area (Å²) < 4.78 is 39.1. The number of ketones is 4. The summed E-state index contributed by atoms with van der Waals surface area (Å²) in [6.45, 7) is 35.9. The molecule has 11 atom stereocenters. The van der Waals surface area contributed by atoms with Gasteiger partial charge in [0.25, 0.3) is 0 Å². The fourth-order valence-electron chi connectivity index (χ4n) is 17.0. The molecule has 2 N–H and O–H groups in total. The molecule has 12 rings (SSSR count). The molecule has 0 fully saturated rings. The Hall–Kier alpha value is -7.72. The van der Waals surface area contributed by atoms with E-state index in [9.17, 15) is 29.4 Å². The average molecular weight is 1980 g/mol. The summed E-state index contributed by atoms with van der Waals surface area (Å²) in [5.41, 5.74) is 1.54. The van der Waals surface area contributed by atoms with E-state index in [1.165, 1.54) is 215 Å². The van der Waals surface area contributed by atoms with Crippen molar-refractivity contribution in [3.05, 3.63) is 201 Å². The molecule has 0 spiro atoms. The number of carbonyl (C=O) groups is 4. The lowest BCUT2D eigenvalue weighted by molar-refractivity contribution is 0.0792. The number of aliphatic hydroxyl groups excluding tert-OH is 1. The number of ether oxygens (including phenoxy) is 6. The zero-order chi connectivity index (χ0) is 91.7. The largest absolute Gasteiger partial charge is 0.508 e. The van der Waals surface area contributed by atoms with Crippen LogP contribution in [0.1, 0.15) is 340 Å². The number of halogens is 3. The lowest BCUT2D eigenvalue weighted by Crippen LogP contribution is -2.36. The van der Waals surface area contributed by atoms with E-state index in [0.717, 1.165) is 114 Å². The Bertz CT molecular complexity index is 4710. The summed E-state index contributed by atoms with van der Waals surface area (Å²) in [6.07, 6.45) is 44.4. The maximum absolute atomic E-state index is 13.3. The Morgan fingerprint density at radius 1 is 0.300 bits per heavy atom. The normalized spacial score (nSPS) is 16.7. The smallest absolute Gasteiger partial charge is 0.171 e. The molecule has 12 nitrogen and oxygen atoms in total. The number of hydrogen-bond donors (Lipinski definition) is 2. The number of alkyl halides is 1. The predicted molar refractivity (Wildman–Crippen MR) is 562 cm³/mol. The summed E-state index contributed by atoms with van der Waals surface area (Å²) in [7, 11) is 0. The van der Waals surface area contributed by atoms with Crippen molar-refractivity contribution < 1.29 is 57.8 Å². The van der Waals surface area contributed by atoms with Gasteiger partial charge in [0, 0.05) is 47.3 Å². The number of fused-ring (bicyclic) bond motifs is 8. The molecule has 130 heavy (non-hydrogen) atoms. The molecule has 0 amide bonds. The second kappa shape index (κ2) is 60.5. The summed E-state index contributed by atoms with van der Waals surface area (Å²) in [5.74, 6) is 7.06. The van der Waals surface area contributed by atoms with E-state index in [1.54, 1.807) is 12.1 Å². The van der Waals surface area contributed by atoms with Gasteiger partial charge >= 0.3 is 0 Å². The zero-order valence-electron chi connectivity index (χ0n) is 79.2. The third-order valence-electron chi connectivity index (χ3n) is 26.3. The summed E-state index contributed by atoms with van der Waals surface area (Å²) in [6, 6.07) is 39.9. The summed E-state index contributed by atoms with van der Waals surface area (Å²) >= 11 is 11.3. The van der Waals surface area contributed by atoms with Crippen molar-refractivity contribution in [3.63, 3.8) is 0 Å². The van der Waals surface area contributed by atoms with Crippen LogP contribution in [-0.2, 0) is 4.74 Å². The standard InChI is InChI=1S/C30H40Br2O2.C30H42O4.C30H42O2.C14H10O4.C8H17Br.3CH4/c2*1-5-9-11-21(7-3)19-33-23-13-15-25-27(17-23)29(31)26-16-14-24(18-28(26)30(25)32)34-20-22(8-4)12-10-6-2;1-5-9-11-23(7-3)21-31-29-15-13-25-18-28-20-30(16-14-26(28)17-27(25)19-29)32-22-24(8-4)12-10-6-2;15-7-1-3-9-11(5-7)14(18)10-4-2-8(16)6-12(10)13(9)17;1-3-5-6-8(4-2)7-9;;;/h13-18,21-22H,5-12,19-20H2,1-4H3;13-18,21-22,25,27H,5-12,19-20H2,1-4H3;13-20,23-24H,5-12,21-22H2,1-4H3;1-6,9,11,15-16H;8H,3-7H2,1-2H3;3*1H4. The fraction of sp³-hybridized carbons (Fsp3) is 0.548. The Morgan fingerprint density at radius 2 is 0.600 bits per heavy atom. The first-order chi connectivity index (χ1) is 61.6. The number of carbonyl (C=O) groups excluding carboxylic acids is 4. The molecule has 0 saturated carbocycles. The van der Waals surface area contributed by atoms with E-state index < -0.39 is 23.7 Å². The SMILES string of the molecule is C.C.C.CCCCC(CC)CBr.CCCCC(CC)COC1=CC2C(=O)c3ccc(OCC(CC)CCCC)cc3C(=O)C2C=C1.CCCCC(CC)COc1ccc2c(Br)c3cc(OCC(CC)CCCC)ccc3c(Br)c2c1.CCCCC(CC)COc1ccc2cc3cc(OCC(CC)CCCC)ccc3cc2c1.O=C1c2ccc(O)cc2C(=O)C2C=CC(O)=CC12. The molecule has 4 aliphatic rings. The van der Waals surface area contributed by atoms with E-state index in [4.69, 9.17) is 28.4 Å². The minimum absolute atomic E-state index is 0. The van der Waals surface area contributed by atoms with Gasteiger partial charge in [0.05, 0.1) is 63.3 Å². The minimum atomic E-state index is -0.639. The maximum Gasteiger partial charge on any atom is 0.171 e. The van der Waals surface area contributed by atoms with Gasteiger partial charge in [-0.25, -0.2) is 0 Å². The number of aliphatic hydroxyl groups is 1. The molecule has 11 unspecified atom stereocenters. The molecular weight excluding hydrogens is 1810 g/mol. The molecule has 0 bridgehead atoms. The molecule has 8 aromatic carbocycles. The quantitative estimate of drug-likeness (QED) is 0.0274. The Kier molecular flexibility index (Phi) is 52.5. The van der Waals surface area contributed by atoms with Crippen molar-refractivity contribution in [3.8, 4) is 34.5 Å². The van der Waals surface area contributed by atoms with Crippen molar-refractivity contribution in [2.75, 3.05) is 45.0 Å². The molecule has 8 aromatic rings. The van der Waals surface area contributed by atoms with Gasteiger partial charge in [0.1, 0.15) is 46.0 Å². The highest BCUT2D eigenvalue weighted by atomic mass is 79.9. The molecule has 0 aromatic heterocycles. The van der Waals surface area contributed by atoms with E-state index >= 15 is 0 Å². The topological polar surface area (TPSA) is 164 Å². The van der Waals surface area contributed by atoms with Crippen LogP contribution in [0.2, 0.25) is 0 Å². The third-order valence-corrected chi connectivity index (χ3v) is 28.9. The van der Waals surface area contributed by atoms with Crippen molar-refractivity contribution in [2.45, 2.75) is 299 Å². The van der Waals surface area contributed by atoms with Crippen LogP contribution in [0.5, 0.6) is 34.5 Å². The van der Waals surface area contributed by atoms with Gasteiger partial charge < -0.3 is 38.6 Å². The highest BCUT2D eigenvalue weighted by Crippen LogP contribution is 2.44. The number of aromatic hydroxyl groups is 1. The van der Waals surface area contributed by atoms with Gasteiger partial charge in [-0.05, 0) is 284 Å². The molecule has 716 valence electrons. The Balaban J connectivity index is 0.000000300. The van der Waals surface area contributed by atoms with Gasteiger partial charge in [-0.1, -0.05) is 294 Å².